The normalized spacial score (nSPS) is 24.7. The predicted octanol–water partition coefficient (Wildman–Crippen LogP) is 1.49. The standard InChI is InChI=1S/C13H18N2O2/c1-9-5-10(2)8-15(7-9)13(17)11-3-4-14-12(16)6-11/h3-4,6,9-10H,5,7-8H2,1-2H3,(H,14,16). The maximum absolute atomic E-state index is 12.2. The van der Waals surface area contributed by atoms with Crippen LogP contribution in [-0.4, -0.2) is 28.9 Å². The minimum atomic E-state index is -0.228. The molecule has 2 heterocycles. The molecule has 0 aliphatic carbocycles. The van der Waals surface area contributed by atoms with Crippen molar-refractivity contribution in [3.05, 3.63) is 34.2 Å². The van der Waals surface area contributed by atoms with Crippen molar-refractivity contribution in [2.75, 3.05) is 13.1 Å². The molecule has 4 nitrogen and oxygen atoms in total. The van der Waals surface area contributed by atoms with E-state index in [1.165, 1.54) is 18.7 Å². The predicted molar refractivity (Wildman–Crippen MR) is 65.9 cm³/mol. The van der Waals surface area contributed by atoms with E-state index >= 15 is 0 Å². The number of aromatic amines is 1. The maximum Gasteiger partial charge on any atom is 0.254 e. The molecule has 1 aliphatic rings. The molecule has 92 valence electrons. The van der Waals surface area contributed by atoms with Crippen LogP contribution in [0.1, 0.15) is 30.6 Å². The lowest BCUT2D eigenvalue weighted by Crippen LogP contribution is -2.42. The van der Waals surface area contributed by atoms with E-state index in [0.717, 1.165) is 13.1 Å². The number of nitrogens with zero attached hydrogens (tertiary/aromatic N) is 1. The number of hydrogen-bond donors (Lipinski definition) is 1. The van der Waals surface area contributed by atoms with E-state index in [0.29, 0.717) is 17.4 Å². The van der Waals surface area contributed by atoms with Crippen LogP contribution in [0.5, 0.6) is 0 Å². The molecule has 0 radical (unpaired) electrons. The number of rotatable bonds is 1. The van der Waals surface area contributed by atoms with Crippen molar-refractivity contribution in [1.82, 2.24) is 9.88 Å². The molecular formula is C13H18N2O2. The van der Waals surface area contributed by atoms with Crippen LogP contribution in [0.15, 0.2) is 23.1 Å². The van der Waals surface area contributed by atoms with Gasteiger partial charge >= 0.3 is 0 Å². The highest BCUT2D eigenvalue weighted by atomic mass is 16.2. The average Bonchev–Trinajstić information content (AvgIpc) is 2.26. The van der Waals surface area contributed by atoms with Crippen LogP contribution in [-0.2, 0) is 0 Å². The Morgan fingerprint density at radius 3 is 2.59 bits per heavy atom. The number of H-pyrrole nitrogens is 1. The maximum atomic E-state index is 12.2. The summed E-state index contributed by atoms with van der Waals surface area (Å²) in [5.74, 6) is 1.03. The summed E-state index contributed by atoms with van der Waals surface area (Å²) in [6, 6.07) is 3.03. The molecule has 1 amide bonds. The highest BCUT2D eigenvalue weighted by Gasteiger charge is 2.26. The third-order valence-corrected chi connectivity index (χ3v) is 3.18. The van der Waals surface area contributed by atoms with Crippen molar-refractivity contribution in [1.29, 1.82) is 0 Å². The fraction of sp³-hybridized carbons (Fsp3) is 0.538. The molecule has 0 aromatic carbocycles. The van der Waals surface area contributed by atoms with Crippen LogP contribution >= 0.6 is 0 Å². The Morgan fingerprint density at radius 1 is 1.35 bits per heavy atom. The molecule has 1 N–H and O–H groups in total. The third kappa shape index (κ3) is 2.75. The van der Waals surface area contributed by atoms with Crippen molar-refractivity contribution in [2.24, 2.45) is 11.8 Å². The van der Waals surface area contributed by atoms with E-state index in [1.54, 1.807) is 6.07 Å². The van der Waals surface area contributed by atoms with Crippen molar-refractivity contribution in [3.8, 4) is 0 Å². The van der Waals surface area contributed by atoms with Gasteiger partial charge in [0.15, 0.2) is 0 Å². The Hall–Kier alpha value is -1.58. The van der Waals surface area contributed by atoms with Gasteiger partial charge < -0.3 is 9.88 Å². The molecule has 2 rings (SSSR count). The third-order valence-electron chi connectivity index (χ3n) is 3.18. The molecule has 0 spiro atoms. The summed E-state index contributed by atoms with van der Waals surface area (Å²) in [6.45, 7) is 5.90. The Bertz CT molecular complexity index is 456. The summed E-state index contributed by atoms with van der Waals surface area (Å²) >= 11 is 0. The van der Waals surface area contributed by atoms with E-state index in [-0.39, 0.29) is 11.5 Å². The van der Waals surface area contributed by atoms with Crippen molar-refractivity contribution < 1.29 is 4.79 Å². The van der Waals surface area contributed by atoms with Gasteiger partial charge in [-0.25, -0.2) is 0 Å². The van der Waals surface area contributed by atoms with Gasteiger partial charge in [0.1, 0.15) is 0 Å². The van der Waals surface area contributed by atoms with E-state index in [9.17, 15) is 9.59 Å². The zero-order chi connectivity index (χ0) is 12.4. The monoisotopic (exact) mass is 234 g/mol. The zero-order valence-electron chi connectivity index (χ0n) is 10.3. The molecule has 0 bridgehead atoms. The second-order valence-electron chi connectivity index (χ2n) is 5.10. The molecule has 2 unspecified atom stereocenters. The molecule has 1 saturated heterocycles. The van der Waals surface area contributed by atoms with E-state index in [4.69, 9.17) is 0 Å². The number of carbonyl (C=O) groups is 1. The number of likely N-dealkylation sites (tertiary alicyclic amines) is 1. The first-order valence-electron chi connectivity index (χ1n) is 6.04. The summed E-state index contributed by atoms with van der Waals surface area (Å²) in [7, 11) is 0. The Labute approximate surface area is 101 Å². The molecule has 1 fully saturated rings. The average molecular weight is 234 g/mol. The summed E-state index contributed by atoms with van der Waals surface area (Å²) < 4.78 is 0. The molecule has 1 aromatic heterocycles. The van der Waals surface area contributed by atoms with Gasteiger partial charge in [-0.1, -0.05) is 13.8 Å². The zero-order valence-corrected chi connectivity index (χ0v) is 10.3. The van der Waals surface area contributed by atoms with Gasteiger partial charge in [-0.2, -0.15) is 0 Å². The molecule has 17 heavy (non-hydrogen) atoms. The number of piperidine rings is 1. The number of amides is 1. The van der Waals surface area contributed by atoms with Gasteiger partial charge in [-0.15, -0.1) is 0 Å². The molecule has 1 aliphatic heterocycles. The molecule has 2 atom stereocenters. The molecule has 4 heteroatoms. The van der Waals surface area contributed by atoms with Gasteiger partial charge in [-0.05, 0) is 24.3 Å². The van der Waals surface area contributed by atoms with Crippen LogP contribution < -0.4 is 5.56 Å². The minimum Gasteiger partial charge on any atom is -0.338 e. The van der Waals surface area contributed by atoms with Gasteiger partial charge in [-0.3, -0.25) is 9.59 Å². The van der Waals surface area contributed by atoms with Crippen molar-refractivity contribution >= 4 is 5.91 Å². The topological polar surface area (TPSA) is 53.2 Å². The number of aromatic nitrogens is 1. The first-order chi connectivity index (χ1) is 8.06. The smallest absolute Gasteiger partial charge is 0.254 e. The quantitative estimate of drug-likeness (QED) is 0.800. The Balaban J connectivity index is 2.17. The number of carbonyl (C=O) groups excluding carboxylic acids is 1. The lowest BCUT2D eigenvalue weighted by Gasteiger charge is -2.35. The van der Waals surface area contributed by atoms with Crippen LogP contribution in [0.2, 0.25) is 0 Å². The van der Waals surface area contributed by atoms with E-state index < -0.39 is 0 Å². The number of hydrogen-bond acceptors (Lipinski definition) is 2. The van der Waals surface area contributed by atoms with Gasteiger partial charge in [0, 0.05) is 30.9 Å². The Kier molecular flexibility index (Phi) is 3.31. The van der Waals surface area contributed by atoms with Crippen molar-refractivity contribution in [2.45, 2.75) is 20.3 Å². The van der Waals surface area contributed by atoms with E-state index in [1.807, 2.05) is 4.90 Å². The van der Waals surface area contributed by atoms with Crippen LogP contribution in [0.3, 0.4) is 0 Å². The first kappa shape index (κ1) is 11.9. The van der Waals surface area contributed by atoms with Crippen LogP contribution in [0, 0.1) is 11.8 Å². The van der Waals surface area contributed by atoms with Crippen LogP contribution in [0.25, 0.3) is 0 Å². The lowest BCUT2D eigenvalue weighted by atomic mass is 9.91. The molecule has 1 aromatic rings. The lowest BCUT2D eigenvalue weighted by molar-refractivity contribution is 0.0623. The van der Waals surface area contributed by atoms with Crippen molar-refractivity contribution in [3.63, 3.8) is 0 Å². The second-order valence-corrected chi connectivity index (χ2v) is 5.10. The summed E-state index contributed by atoms with van der Waals surface area (Å²) in [6.07, 6.45) is 2.69. The largest absolute Gasteiger partial charge is 0.338 e. The first-order valence-corrected chi connectivity index (χ1v) is 6.04. The Morgan fingerprint density at radius 2 is 2.00 bits per heavy atom. The molecule has 0 saturated carbocycles. The summed E-state index contributed by atoms with van der Waals surface area (Å²) in [5.41, 5.74) is 0.254. The summed E-state index contributed by atoms with van der Waals surface area (Å²) in [4.78, 5) is 27.8. The van der Waals surface area contributed by atoms with Gasteiger partial charge in [0.05, 0.1) is 0 Å². The fourth-order valence-corrected chi connectivity index (χ4v) is 2.59. The van der Waals surface area contributed by atoms with E-state index in [2.05, 4.69) is 18.8 Å². The minimum absolute atomic E-state index is 0.0329. The highest BCUT2D eigenvalue weighted by molar-refractivity contribution is 5.94. The fourth-order valence-electron chi connectivity index (χ4n) is 2.59. The summed E-state index contributed by atoms with van der Waals surface area (Å²) in [5, 5.41) is 0. The van der Waals surface area contributed by atoms with Gasteiger partial charge in [0.2, 0.25) is 5.56 Å². The van der Waals surface area contributed by atoms with Crippen LogP contribution in [0.4, 0.5) is 0 Å². The number of pyridine rings is 1. The second kappa shape index (κ2) is 4.73. The van der Waals surface area contributed by atoms with Gasteiger partial charge in [0.25, 0.3) is 5.91 Å². The SMILES string of the molecule is CC1CC(C)CN(C(=O)c2cc[nH]c(=O)c2)C1. The number of nitrogens with one attached hydrogen (secondary N) is 1. The molecular weight excluding hydrogens is 216 g/mol. The highest BCUT2D eigenvalue weighted by Crippen LogP contribution is 2.22.